The summed E-state index contributed by atoms with van der Waals surface area (Å²) < 4.78 is 18.0. The van der Waals surface area contributed by atoms with Crippen LogP contribution in [0.3, 0.4) is 0 Å². The van der Waals surface area contributed by atoms with Gasteiger partial charge in [-0.3, -0.25) is 4.90 Å². The van der Waals surface area contributed by atoms with Crippen molar-refractivity contribution in [2.75, 3.05) is 39.9 Å². The molecule has 0 aromatic heterocycles. The van der Waals surface area contributed by atoms with Crippen molar-refractivity contribution in [2.45, 2.75) is 26.0 Å². The molecular formula is C37H42N4O3. The number of methoxy groups -OCH3 is 1. The number of hydrogen-bond acceptors (Lipinski definition) is 7. The highest BCUT2D eigenvalue weighted by Crippen LogP contribution is 2.24. The molecule has 7 heteroatoms. The standard InChI is InChI=1S/C37H42N4O3/c1-42-34-18-16-30(17-19-34)20-25-43-37(26-31-10-4-2-5-11-31)35(27-39-38)41-23-21-40(22-24-41)28-33-14-8-9-15-36(33)44-29-32-12-6-3-7-13-32/h2-19,27H,20-26,28-29,38H2,1H3/b37-35-,39-27-. The number of piperazine rings is 1. The van der Waals surface area contributed by atoms with Crippen LogP contribution >= 0.6 is 0 Å². The van der Waals surface area contributed by atoms with E-state index in [4.69, 9.17) is 20.1 Å². The molecule has 0 radical (unpaired) electrons. The lowest BCUT2D eigenvalue weighted by Gasteiger charge is -2.37. The van der Waals surface area contributed by atoms with Crippen LogP contribution in [0.15, 0.2) is 126 Å². The molecule has 4 aromatic rings. The second-order valence-corrected chi connectivity index (χ2v) is 10.8. The molecule has 4 aromatic carbocycles. The summed E-state index contributed by atoms with van der Waals surface area (Å²) in [6.07, 6.45) is 3.19. The number of nitrogens with two attached hydrogens (primary N) is 1. The number of allylic oxidation sites excluding steroid dienone is 2. The van der Waals surface area contributed by atoms with Crippen LogP contribution in [0.1, 0.15) is 22.3 Å². The van der Waals surface area contributed by atoms with Crippen LogP contribution in [-0.2, 0) is 30.7 Å². The topological polar surface area (TPSA) is 72.6 Å². The van der Waals surface area contributed by atoms with E-state index in [9.17, 15) is 0 Å². The summed E-state index contributed by atoms with van der Waals surface area (Å²) in [6, 6.07) is 37.1. The number of rotatable bonds is 14. The summed E-state index contributed by atoms with van der Waals surface area (Å²) in [7, 11) is 1.68. The Morgan fingerprint density at radius 1 is 0.773 bits per heavy atom. The molecule has 0 bridgehead atoms. The van der Waals surface area contributed by atoms with Crippen molar-refractivity contribution in [2.24, 2.45) is 10.9 Å². The van der Waals surface area contributed by atoms with Crippen LogP contribution in [0.2, 0.25) is 0 Å². The Labute approximate surface area is 261 Å². The maximum Gasteiger partial charge on any atom is 0.125 e. The van der Waals surface area contributed by atoms with Gasteiger partial charge >= 0.3 is 0 Å². The minimum Gasteiger partial charge on any atom is -0.497 e. The minimum atomic E-state index is 0.552. The van der Waals surface area contributed by atoms with Crippen LogP contribution < -0.4 is 15.3 Å². The van der Waals surface area contributed by atoms with Gasteiger partial charge in [0.25, 0.3) is 0 Å². The van der Waals surface area contributed by atoms with Gasteiger partial charge in [0.2, 0.25) is 0 Å². The van der Waals surface area contributed by atoms with Crippen molar-refractivity contribution < 1.29 is 14.2 Å². The fourth-order valence-corrected chi connectivity index (χ4v) is 5.38. The van der Waals surface area contributed by atoms with E-state index in [1.165, 1.54) is 16.7 Å². The Balaban J connectivity index is 1.25. The highest BCUT2D eigenvalue weighted by atomic mass is 16.5. The van der Waals surface area contributed by atoms with Crippen LogP contribution in [0.4, 0.5) is 0 Å². The Kier molecular flexibility index (Phi) is 11.3. The maximum absolute atomic E-state index is 6.51. The summed E-state index contributed by atoms with van der Waals surface area (Å²) in [5.41, 5.74) is 5.68. The highest BCUT2D eigenvalue weighted by Gasteiger charge is 2.22. The third-order valence-corrected chi connectivity index (χ3v) is 7.83. The van der Waals surface area contributed by atoms with Crippen LogP contribution in [0.25, 0.3) is 0 Å². The van der Waals surface area contributed by atoms with Crippen molar-refractivity contribution in [3.05, 3.63) is 143 Å². The predicted octanol–water partition coefficient (Wildman–Crippen LogP) is 6.05. The van der Waals surface area contributed by atoms with Crippen molar-refractivity contribution >= 4 is 6.21 Å². The summed E-state index contributed by atoms with van der Waals surface area (Å²) >= 11 is 0. The largest absolute Gasteiger partial charge is 0.497 e. The van der Waals surface area contributed by atoms with Gasteiger partial charge in [0, 0.05) is 51.1 Å². The van der Waals surface area contributed by atoms with Gasteiger partial charge in [-0.05, 0) is 34.9 Å². The molecule has 1 aliphatic heterocycles. The third kappa shape index (κ3) is 8.88. The smallest absolute Gasteiger partial charge is 0.125 e. The van der Waals surface area contributed by atoms with E-state index in [0.717, 1.165) is 67.7 Å². The Morgan fingerprint density at radius 3 is 2.11 bits per heavy atom. The number of hydrazone groups is 1. The molecule has 44 heavy (non-hydrogen) atoms. The Morgan fingerprint density at radius 2 is 1.43 bits per heavy atom. The lowest BCUT2D eigenvalue weighted by Crippen LogP contribution is -2.46. The quantitative estimate of drug-likeness (QED) is 0.0835. The fourth-order valence-electron chi connectivity index (χ4n) is 5.38. The molecule has 5 rings (SSSR count). The van der Waals surface area contributed by atoms with E-state index < -0.39 is 0 Å². The monoisotopic (exact) mass is 590 g/mol. The first-order chi connectivity index (χ1) is 21.7. The molecule has 1 fully saturated rings. The molecule has 0 amide bonds. The van der Waals surface area contributed by atoms with E-state index in [1.54, 1.807) is 13.3 Å². The Bertz CT molecular complexity index is 1480. The number of para-hydroxylation sites is 1. The van der Waals surface area contributed by atoms with Gasteiger partial charge in [-0.25, -0.2) is 0 Å². The first-order valence-corrected chi connectivity index (χ1v) is 15.2. The van der Waals surface area contributed by atoms with Gasteiger partial charge in [0.1, 0.15) is 23.9 Å². The first-order valence-electron chi connectivity index (χ1n) is 15.2. The second kappa shape index (κ2) is 16.2. The van der Waals surface area contributed by atoms with E-state index in [1.807, 2.05) is 42.5 Å². The Hall–Kier alpha value is -4.75. The number of benzene rings is 4. The van der Waals surface area contributed by atoms with Crippen LogP contribution in [-0.4, -0.2) is 55.9 Å². The molecule has 7 nitrogen and oxygen atoms in total. The van der Waals surface area contributed by atoms with Gasteiger partial charge in [0.15, 0.2) is 0 Å². The van der Waals surface area contributed by atoms with E-state index in [2.05, 4.69) is 81.6 Å². The third-order valence-electron chi connectivity index (χ3n) is 7.83. The fraction of sp³-hybridized carbons (Fsp3) is 0.270. The van der Waals surface area contributed by atoms with E-state index >= 15 is 0 Å². The van der Waals surface area contributed by atoms with Gasteiger partial charge in [-0.15, -0.1) is 0 Å². The zero-order chi connectivity index (χ0) is 30.4. The van der Waals surface area contributed by atoms with Crippen molar-refractivity contribution in [1.82, 2.24) is 9.80 Å². The summed E-state index contributed by atoms with van der Waals surface area (Å²) in [5.74, 6) is 8.41. The lowest BCUT2D eigenvalue weighted by atomic mass is 10.1. The normalized spacial score (nSPS) is 14.3. The second-order valence-electron chi connectivity index (χ2n) is 10.8. The molecule has 1 heterocycles. The van der Waals surface area contributed by atoms with Crippen LogP contribution in [0.5, 0.6) is 11.5 Å². The molecule has 0 saturated carbocycles. The average Bonchev–Trinajstić information content (AvgIpc) is 3.08. The molecule has 0 atom stereocenters. The lowest BCUT2D eigenvalue weighted by molar-refractivity contribution is 0.142. The van der Waals surface area contributed by atoms with Gasteiger partial charge in [-0.2, -0.15) is 5.10 Å². The summed E-state index contributed by atoms with van der Waals surface area (Å²) in [4.78, 5) is 4.82. The van der Waals surface area contributed by atoms with Crippen molar-refractivity contribution in [3.63, 3.8) is 0 Å². The molecule has 1 aliphatic rings. The maximum atomic E-state index is 6.51. The van der Waals surface area contributed by atoms with Crippen molar-refractivity contribution in [3.8, 4) is 11.5 Å². The highest BCUT2D eigenvalue weighted by molar-refractivity contribution is 5.78. The number of ether oxygens (including phenoxy) is 3. The minimum absolute atomic E-state index is 0.552. The molecule has 0 spiro atoms. The van der Waals surface area contributed by atoms with E-state index in [-0.39, 0.29) is 0 Å². The van der Waals surface area contributed by atoms with Gasteiger partial charge < -0.3 is 25.0 Å². The first kappa shape index (κ1) is 30.7. The zero-order valence-corrected chi connectivity index (χ0v) is 25.5. The molecular weight excluding hydrogens is 548 g/mol. The number of nitrogens with zero attached hydrogens (tertiary/aromatic N) is 3. The van der Waals surface area contributed by atoms with Gasteiger partial charge in [0.05, 0.1) is 25.6 Å². The molecule has 0 aliphatic carbocycles. The van der Waals surface area contributed by atoms with E-state index in [0.29, 0.717) is 19.6 Å². The average molecular weight is 591 g/mol. The van der Waals surface area contributed by atoms with Crippen LogP contribution in [0, 0.1) is 0 Å². The molecule has 1 saturated heterocycles. The summed E-state index contributed by atoms with van der Waals surface area (Å²) in [5, 5.41) is 3.95. The predicted molar refractivity (Wildman–Crippen MR) is 177 cm³/mol. The summed E-state index contributed by atoms with van der Waals surface area (Å²) in [6.45, 7) is 5.43. The molecule has 228 valence electrons. The zero-order valence-electron chi connectivity index (χ0n) is 25.5. The SMILES string of the molecule is COc1ccc(CCO/C(Cc2ccccc2)=C(/C=N\N)N2CCN(Cc3ccccc3OCc3ccccc3)CC2)cc1. The van der Waals surface area contributed by atoms with Crippen molar-refractivity contribution in [1.29, 1.82) is 0 Å². The van der Waals surface area contributed by atoms with Gasteiger partial charge in [-0.1, -0.05) is 91.0 Å². The number of hydrogen-bond donors (Lipinski definition) is 1. The molecule has 2 N–H and O–H groups in total. The molecule has 0 unspecified atom stereocenters.